The van der Waals surface area contributed by atoms with Crippen LogP contribution in [-0.2, 0) is 10.8 Å². The molecule has 0 aliphatic rings. The highest BCUT2D eigenvalue weighted by atomic mass is 28.4. The largest absolute Gasteiger partial charge is 0.412 e. The Bertz CT molecular complexity index is 658. The maximum Gasteiger partial charge on any atom is 0.192 e. The van der Waals surface area contributed by atoms with Gasteiger partial charge in [0, 0.05) is 0 Å². The van der Waals surface area contributed by atoms with Crippen molar-refractivity contribution in [3.63, 3.8) is 0 Å². The lowest BCUT2D eigenvalue weighted by atomic mass is 9.97. The lowest BCUT2D eigenvalue weighted by Gasteiger charge is -2.38. The predicted octanol–water partition coefficient (Wildman–Crippen LogP) is 9.65. The first-order valence-corrected chi connectivity index (χ1v) is 19.1. The number of allylic oxidation sites excluding steroid dienone is 1. The second-order valence-electron chi connectivity index (χ2n) is 11.2. The Balaban J connectivity index is 2.60. The van der Waals surface area contributed by atoms with Crippen molar-refractivity contribution >= 4 is 22.0 Å². The van der Waals surface area contributed by atoms with Gasteiger partial charge in [-0.3, -0.25) is 0 Å². The molecule has 0 aliphatic heterocycles. The fourth-order valence-corrected chi connectivity index (χ4v) is 9.24. The molecule has 3 heteroatoms. The normalized spacial score (nSPS) is 13.6. The van der Waals surface area contributed by atoms with Gasteiger partial charge in [0.25, 0.3) is 0 Å². The van der Waals surface area contributed by atoms with Gasteiger partial charge in [-0.2, -0.15) is 0 Å². The van der Waals surface area contributed by atoms with Crippen LogP contribution in [0, 0.1) is 0 Å². The lowest BCUT2D eigenvalue weighted by molar-refractivity contribution is 0.0828. The maximum atomic E-state index is 6.78. The maximum absolute atomic E-state index is 6.78. The molecule has 1 aromatic rings. The standard InChI is InChI=1S/C28H52OSi2/c1-10-18-27(24-30(7,8)9)26-21-17-20-25(23-26)19-15-14-16-22-28(5,6)29-31(11-2,12-3)13-4/h17,20-21,23-24H,10-16,18-19,22H2,1-9H3/b27-24+. The van der Waals surface area contributed by atoms with Gasteiger partial charge >= 0.3 is 0 Å². The van der Waals surface area contributed by atoms with Crippen LogP contribution in [0.5, 0.6) is 0 Å². The molecule has 0 unspecified atom stereocenters. The first kappa shape index (κ1) is 28.4. The third-order valence-electron chi connectivity index (χ3n) is 6.59. The van der Waals surface area contributed by atoms with Crippen LogP contribution in [0.4, 0.5) is 0 Å². The van der Waals surface area contributed by atoms with E-state index >= 15 is 0 Å². The molecular weight excluding hydrogens is 408 g/mol. The molecule has 0 atom stereocenters. The molecule has 0 spiro atoms. The van der Waals surface area contributed by atoms with Crippen LogP contribution < -0.4 is 0 Å². The molecule has 0 N–H and O–H groups in total. The second-order valence-corrected chi connectivity index (χ2v) is 20.9. The van der Waals surface area contributed by atoms with Gasteiger partial charge in [-0.25, -0.2) is 0 Å². The van der Waals surface area contributed by atoms with Crippen molar-refractivity contribution in [2.75, 3.05) is 0 Å². The van der Waals surface area contributed by atoms with E-state index in [1.54, 1.807) is 5.57 Å². The Morgan fingerprint density at radius 2 is 1.58 bits per heavy atom. The van der Waals surface area contributed by atoms with Crippen LogP contribution in [0.1, 0.15) is 91.2 Å². The molecule has 1 nitrogen and oxygen atoms in total. The van der Waals surface area contributed by atoms with Gasteiger partial charge in [-0.1, -0.05) is 96.6 Å². The Morgan fingerprint density at radius 3 is 2.13 bits per heavy atom. The number of rotatable bonds is 15. The van der Waals surface area contributed by atoms with E-state index in [2.05, 4.69) is 91.1 Å². The third-order valence-corrected chi connectivity index (χ3v) is 12.7. The molecule has 0 aliphatic carbocycles. The minimum Gasteiger partial charge on any atom is -0.412 e. The molecule has 0 aromatic heterocycles. The highest BCUT2D eigenvalue weighted by molar-refractivity contribution is 6.81. The molecule has 0 heterocycles. The molecule has 0 bridgehead atoms. The topological polar surface area (TPSA) is 9.23 Å². The summed E-state index contributed by atoms with van der Waals surface area (Å²) in [5.41, 5.74) is 7.16. The third kappa shape index (κ3) is 10.7. The van der Waals surface area contributed by atoms with E-state index in [0.29, 0.717) is 0 Å². The summed E-state index contributed by atoms with van der Waals surface area (Å²) < 4.78 is 6.78. The van der Waals surface area contributed by atoms with Crippen LogP contribution in [0.15, 0.2) is 30.0 Å². The molecule has 0 fully saturated rings. The highest BCUT2D eigenvalue weighted by Crippen LogP contribution is 2.31. The van der Waals surface area contributed by atoms with E-state index in [9.17, 15) is 0 Å². The zero-order valence-electron chi connectivity index (χ0n) is 22.4. The zero-order chi connectivity index (χ0) is 23.5. The predicted molar refractivity (Wildman–Crippen MR) is 147 cm³/mol. The van der Waals surface area contributed by atoms with Gasteiger partial charge < -0.3 is 4.43 Å². The number of hydrogen-bond donors (Lipinski definition) is 0. The minimum atomic E-state index is -1.52. The van der Waals surface area contributed by atoms with E-state index in [4.69, 9.17) is 4.43 Å². The van der Waals surface area contributed by atoms with E-state index in [1.807, 2.05) is 0 Å². The molecule has 0 radical (unpaired) electrons. The number of hydrogen-bond acceptors (Lipinski definition) is 1. The molecule has 0 amide bonds. The van der Waals surface area contributed by atoms with Crippen LogP contribution in [0.2, 0.25) is 37.8 Å². The monoisotopic (exact) mass is 460 g/mol. The second kappa shape index (κ2) is 13.2. The van der Waals surface area contributed by atoms with Crippen LogP contribution in [-0.4, -0.2) is 22.0 Å². The summed E-state index contributed by atoms with van der Waals surface area (Å²) in [5.74, 6) is 0. The molecule has 0 saturated heterocycles. The van der Waals surface area contributed by atoms with Crippen molar-refractivity contribution in [2.24, 2.45) is 0 Å². The lowest BCUT2D eigenvalue weighted by Crippen LogP contribution is -2.44. The molecular formula is C28H52OSi2. The van der Waals surface area contributed by atoms with Gasteiger partial charge in [0.2, 0.25) is 0 Å². The van der Waals surface area contributed by atoms with Crippen molar-refractivity contribution in [3.8, 4) is 0 Å². The van der Waals surface area contributed by atoms with Crippen molar-refractivity contribution in [2.45, 2.75) is 130 Å². The molecule has 1 aromatic carbocycles. The molecule has 31 heavy (non-hydrogen) atoms. The fourth-order valence-electron chi connectivity index (χ4n) is 4.68. The quantitative estimate of drug-likeness (QED) is 0.187. The Hall–Kier alpha value is -0.646. The van der Waals surface area contributed by atoms with Crippen molar-refractivity contribution < 1.29 is 4.43 Å². The fraction of sp³-hybridized carbons (Fsp3) is 0.714. The van der Waals surface area contributed by atoms with Crippen molar-refractivity contribution in [3.05, 3.63) is 41.1 Å². The van der Waals surface area contributed by atoms with E-state index < -0.39 is 16.4 Å². The summed E-state index contributed by atoms with van der Waals surface area (Å²) in [4.78, 5) is 0. The average Bonchev–Trinajstić information content (AvgIpc) is 2.71. The Kier molecular flexibility index (Phi) is 12.0. The van der Waals surface area contributed by atoms with Crippen LogP contribution in [0.3, 0.4) is 0 Å². The van der Waals surface area contributed by atoms with E-state index in [-0.39, 0.29) is 5.60 Å². The van der Waals surface area contributed by atoms with Gasteiger partial charge in [0.1, 0.15) is 0 Å². The van der Waals surface area contributed by atoms with Crippen LogP contribution >= 0.6 is 0 Å². The van der Waals surface area contributed by atoms with E-state index in [1.165, 1.54) is 74.2 Å². The molecule has 178 valence electrons. The van der Waals surface area contributed by atoms with Crippen LogP contribution in [0.25, 0.3) is 5.57 Å². The first-order chi connectivity index (χ1) is 14.5. The summed E-state index contributed by atoms with van der Waals surface area (Å²) in [7, 11) is -2.73. The van der Waals surface area contributed by atoms with Gasteiger partial charge in [0.15, 0.2) is 8.32 Å². The molecule has 1 rings (SSSR count). The summed E-state index contributed by atoms with van der Waals surface area (Å²) >= 11 is 0. The highest BCUT2D eigenvalue weighted by Gasteiger charge is 2.35. The first-order valence-electron chi connectivity index (χ1n) is 13.0. The zero-order valence-corrected chi connectivity index (χ0v) is 24.4. The smallest absolute Gasteiger partial charge is 0.192 e. The summed E-state index contributed by atoms with van der Waals surface area (Å²) in [6.07, 6.45) is 8.63. The van der Waals surface area contributed by atoms with Crippen molar-refractivity contribution in [1.29, 1.82) is 0 Å². The Labute approximate surface area is 197 Å². The molecule has 0 saturated carbocycles. The average molecular weight is 461 g/mol. The number of benzene rings is 1. The SMILES string of the molecule is CCC/C(=C\[Si](C)(C)C)c1cccc(CCCCCC(C)(C)O[Si](CC)(CC)CC)c1. The van der Waals surface area contributed by atoms with Crippen molar-refractivity contribution in [1.82, 2.24) is 0 Å². The summed E-state index contributed by atoms with van der Waals surface area (Å²) in [6.45, 7) is 21.2. The summed E-state index contributed by atoms with van der Waals surface area (Å²) in [5, 5.41) is 0. The van der Waals surface area contributed by atoms with Gasteiger partial charge in [0.05, 0.1) is 13.7 Å². The number of aryl methyl sites for hydroxylation is 1. The minimum absolute atomic E-state index is 0.0326. The van der Waals surface area contributed by atoms with Gasteiger partial charge in [-0.15, -0.1) is 0 Å². The van der Waals surface area contributed by atoms with E-state index in [0.717, 1.165) is 0 Å². The van der Waals surface area contributed by atoms with Gasteiger partial charge in [-0.05, 0) is 74.4 Å². The number of unbranched alkanes of at least 4 members (excludes halogenated alkanes) is 2. The summed E-state index contributed by atoms with van der Waals surface area (Å²) in [6, 6.07) is 13.1. The Morgan fingerprint density at radius 1 is 0.935 bits per heavy atom.